The van der Waals surface area contributed by atoms with Crippen LogP contribution in [0, 0.1) is 0 Å². The van der Waals surface area contributed by atoms with Gasteiger partial charge in [-0.05, 0) is 24.6 Å². The Hall–Kier alpha value is -1.44. The summed E-state index contributed by atoms with van der Waals surface area (Å²) in [6.07, 6.45) is 0.849. The maximum atomic E-state index is 11.8. The van der Waals surface area contributed by atoms with Crippen LogP contribution in [0.25, 0.3) is 0 Å². The number of rotatable bonds is 3. The topological polar surface area (TPSA) is 87.0 Å². The second-order valence-corrected chi connectivity index (χ2v) is 5.79. The number of halogens is 1. The number of carbonyl (C=O) groups is 1. The summed E-state index contributed by atoms with van der Waals surface area (Å²) in [6, 6.07) is 3.89. The molecule has 1 amide bonds. The first-order valence-corrected chi connectivity index (χ1v) is 7.31. The molecule has 1 heterocycles. The Balaban J connectivity index is 2.48. The minimum atomic E-state index is -4.44. The summed E-state index contributed by atoms with van der Waals surface area (Å²) in [5, 5.41) is 5.09. The van der Waals surface area contributed by atoms with Gasteiger partial charge in [0.2, 0.25) is 0 Å². The minimum absolute atomic E-state index is 0.113. The number of amides is 1. The lowest BCUT2D eigenvalue weighted by molar-refractivity contribution is -0.116. The Kier molecular flexibility index (Phi) is 3.62. The molecule has 0 radical (unpaired) electrons. The number of hydrazone groups is 1. The summed E-state index contributed by atoms with van der Waals surface area (Å²) in [7, 11) is -4.44. The fraction of sp³-hybridized carbons (Fsp3) is 0.273. The third kappa shape index (κ3) is 2.78. The van der Waals surface area contributed by atoms with E-state index in [4.69, 9.17) is 16.2 Å². The van der Waals surface area contributed by atoms with E-state index in [1.807, 2.05) is 6.92 Å². The lowest BCUT2D eigenvalue weighted by atomic mass is 10.2. The Morgan fingerprint density at radius 2 is 2.16 bits per heavy atom. The molecule has 0 unspecified atom stereocenters. The van der Waals surface area contributed by atoms with Crippen LogP contribution in [0.15, 0.2) is 28.2 Å². The molecule has 1 aliphatic heterocycles. The Morgan fingerprint density at radius 1 is 1.47 bits per heavy atom. The molecule has 0 spiro atoms. The average molecular weight is 303 g/mol. The molecule has 6 nitrogen and oxygen atoms in total. The highest BCUT2D eigenvalue weighted by Crippen LogP contribution is 2.29. The first-order valence-electron chi connectivity index (χ1n) is 5.49. The van der Waals surface area contributed by atoms with Crippen molar-refractivity contribution in [1.82, 2.24) is 0 Å². The van der Waals surface area contributed by atoms with E-state index in [0.717, 1.165) is 11.1 Å². The van der Waals surface area contributed by atoms with E-state index in [-0.39, 0.29) is 23.0 Å². The monoisotopic (exact) mass is 302 g/mol. The van der Waals surface area contributed by atoms with Gasteiger partial charge in [-0.2, -0.15) is 13.5 Å². The normalized spacial score (nSPS) is 15.8. The van der Waals surface area contributed by atoms with Crippen molar-refractivity contribution < 1.29 is 17.8 Å². The zero-order chi connectivity index (χ0) is 14.2. The standard InChI is InChI=1S/C11H11ClN2O4S/c1-2-7-5-11(15)14(13-7)8-3-4-9(12)10(6-8)19(16,17)18/h3-4,6H,2,5H2,1H3,(H,16,17,18). The van der Waals surface area contributed by atoms with Gasteiger partial charge in [0, 0.05) is 5.71 Å². The van der Waals surface area contributed by atoms with Crippen LogP contribution in [0.4, 0.5) is 5.69 Å². The molecule has 1 aromatic rings. The highest BCUT2D eigenvalue weighted by atomic mass is 35.5. The third-order valence-electron chi connectivity index (χ3n) is 2.68. The SMILES string of the molecule is CCC1=NN(c2ccc(Cl)c(S(=O)(=O)O)c2)C(=O)C1. The summed E-state index contributed by atoms with van der Waals surface area (Å²) in [4.78, 5) is 11.3. The van der Waals surface area contributed by atoms with Crippen LogP contribution in [-0.4, -0.2) is 24.6 Å². The van der Waals surface area contributed by atoms with E-state index >= 15 is 0 Å². The van der Waals surface area contributed by atoms with E-state index in [0.29, 0.717) is 12.1 Å². The van der Waals surface area contributed by atoms with E-state index < -0.39 is 15.0 Å². The number of hydrogen-bond donors (Lipinski definition) is 1. The molecule has 1 aliphatic rings. The van der Waals surface area contributed by atoms with Crippen LogP contribution in [0.5, 0.6) is 0 Å². The van der Waals surface area contributed by atoms with Gasteiger partial charge in [0.05, 0.1) is 17.1 Å². The lowest BCUT2D eigenvalue weighted by Gasteiger charge is -2.13. The van der Waals surface area contributed by atoms with Crippen molar-refractivity contribution in [3.8, 4) is 0 Å². The number of nitrogens with zero attached hydrogens (tertiary/aromatic N) is 2. The predicted octanol–water partition coefficient (Wildman–Crippen LogP) is 2.09. The molecular weight excluding hydrogens is 292 g/mol. The third-order valence-corrected chi connectivity index (χ3v) is 4.01. The molecular formula is C11H11ClN2O4S. The number of anilines is 1. The van der Waals surface area contributed by atoms with E-state index in [1.54, 1.807) is 0 Å². The van der Waals surface area contributed by atoms with Crippen molar-refractivity contribution in [3.05, 3.63) is 23.2 Å². The van der Waals surface area contributed by atoms with Crippen LogP contribution in [0.1, 0.15) is 19.8 Å². The Bertz CT molecular complexity index is 669. The first-order chi connectivity index (χ1) is 8.82. The van der Waals surface area contributed by atoms with Gasteiger partial charge >= 0.3 is 0 Å². The molecule has 19 heavy (non-hydrogen) atoms. The van der Waals surface area contributed by atoms with E-state index in [9.17, 15) is 13.2 Å². The van der Waals surface area contributed by atoms with Crippen molar-refractivity contribution in [2.75, 3.05) is 5.01 Å². The number of benzene rings is 1. The molecule has 0 fully saturated rings. The van der Waals surface area contributed by atoms with Gasteiger partial charge in [-0.25, -0.2) is 5.01 Å². The van der Waals surface area contributed by atoms with Crippen LogP contribution < -0.4 is 5.01 Å². The van der Waals surface area contributed by atoms with Crippen LogP contribution >= 0.6 is 11.6 Å². The van der Waals surface area contributed by atoms with Gasteiger partial charge in [-0.1, -0.05) is 18.5 Å². The van der Waals surface area contributed by atoms with Crippen LogP contribution in [0.3, 0.4) is 0 Å². The van der Waals surface area contributed by atoms with Crippen molar-refractivity contribution >= 4 is 39.0 Å². The summed E-state index contributed by atoms with van der Waals surface area (Å²) in [6.45, 7) is 1.88. The van der Waals surface area contributed by atoms with Crippen molar-refractivity contribution in [3.63, 3.8) is 0 Å². The molecule has 8 heteroatoms. The number of carbonyl (C=O) groups excluding carboxylic acids is 1. The van der Waals surface area contributed by atoms with Crippen LogP contribution in [-0.2, 0) is 14.9 Å². The van der Waals surface area contributed by atoms with Gasteiger partial charge in [-0.3, -0.25) is 9.35 Å². The average Bonchev–Trinajstić information content (AvgIpc) is 2.70. The lowest BCUT2D eigenvalue weighted by Crippen LogP contribution is -2.19. The predicted molar refractivity (Wildman–Crippen MR) is 71.1 cm³/mol. The van der Waals surface area contributed by atoms with E-state index in [1.165, 1.54) is 12.1 Å². The molecule has 1 aromatic carbocycles. The van der Waals surface area contributed by atoms with Crippen LogP contribution in [0.2, 0.25) is 5.02 Å². The van der Waals surface area contributed by atoms with Crippen molar-refractivity contribution in [2.24, 2.45) is 5.10 Å². The molecule has 102 valence electrons. The summed E-state index contributed by atoms with van der Waals surface area (Å²) in [5.41, 5.74) is 0.971. The minimum Gasteiger partial charge on any atom is -0.282 e. The maximum absolute atomic E-state index is 11.8. The first kappa shape index (κ1) is 14.0. The molecule has 1 N–H and O–H groups in total. The highest BCUT2D eigenvalue weighted by molar-refractivity contribution is 7.86. The maximum Gasteiger partial charge on any atom is 0.296 e. The van der Waals surface area contributed by atoms with Gasteiger partial charge in [0.25, 0.3) is 16.0 Å². The summed E-state index contributed by atoms with van der Waals surface area (Å²) < 4.78 is 31.4. The fourth-order valence-corrected chi connectivity index (χ4v) is 2.70. The molecule has 0 aliphatic carbocycles. The molecule has 0 saturated heterocycles. The molecule has 0 bridgehead atoms. The van der Waals surface area contributed by atoms with Crippen molar-refractivity contribution in [1.29, 1.82) is 0 Å². The summed E-state index contributed by atoms with van der Waals surface area (Å²) >= 11 is 5.70. The second-order valence-electron chi connectivity index (χ2n) is 3.99. The van der Waals surface area contributed by atoms with Gasteiger partial charge in [-0.15, -0.1) is 0 Å². The summed E-state index contributed by atoms with van der Waals surface area (Å²) in [5.74, 6) is -0.250. The fourth-order valence-electron chi connectivity index (χ4n) is 1.70. The molecule has 0 saturated carbocycles. The molecule has 0 aromatic heterocycles. The van der Waals surface area contributed by atoms with Crippen molar-refractivity contribution in [2.45, 2.75) is 24.7 Å². The zero-order valence-electron chi connectivity index (χ0n) is 10.00. The van der Waals surface area contributed by atoms with E-state index in [2.05, 4.69) is 5.10 Å². The largest absolute Gasteiger partial charge is 0.296 e. The molecule has 0 atom stereocenters. The number of hydrogen-bond acceptors (Lipinski definition) is 4. The zero-order valence-corrected chi connectivity index (χ0v) is 11.6. The molecule has 2 rings (SSSR count). The second kappa shape index (κ2) is 4.92. The highest BCUT2D eigenvalue weighted by Gasteiger charge is 2.26. The Labute approximate surface area is 115 Å². The quantitative estimate of drug-likeness (QED) is 0.866. The van der Waals surface area contributed by atoms with Gasteiger partial charge < -0.3 is 0 Å². The smallest absolute Gasteiger partial charge is 0.282 e. The Morgan fingerprint density at radius 3 is 2.68 bits per heavy atom. The van der Waals surface area contributed by atoms with Gasteiger partial charge in [0.15, 0.2) is 0 Å². The van der Waals surface area contributed by atoms with Gasteiger partial charge in [0.1, 0.15) is 4.90 Å².